The van der Waals surface area contributed by atoms with Gasteiger partial charge in [0, 0.05) is 11.3 Å². The van der Waals surface area contributed by atoms with Gasteiger partial charge in [-0.3, -0.25) is 0 Å². The highest BCUT2D eigenvalue weighted by molar-refractivity contribution is 7.96. The maximum atomic E-state index is 11.3. The van der Waals surface area contributed by atoms with Crippen molar-refractivity contribution in [1.82, 2.24) is 4.72 Å². The highest BCUT2D eigenvalue weighted by atomic mass is 32.2. The maximum absolute atomic E-state index is 11.3. The molecule has 12 heavy (non-hydrogen) atoms. The third-order valence-electron chi connectivity index (χ3n) is 1.52. The molecule has 0 radical (unpaired) electrons. The lowest BCUT2D eigenvalue weighted by Crippen LogP contribution is -2.24. The van der Waals surface area contributed by atoms with E-state index in [1.807, 2.05) is 6.08 Å². The zero-order chi connectivity index (χ0) is 9.19. The van der Waals surface area contributed by atoms with E-state index in [1.165, 1.54) is 13.1 Å². The first kappa shape index (κ1) is 9.57. The lowest BCUT2D eigenvalue weighted by atomic mass is 10.2. The fourth-order valence-corrected chi connectivity index (χ4v) is 2.23. The minimum absolute atomic E-state index is 0.211. The minimum Gasteiger partial charge on any atom is -0.214 e. The molecule has 5 heteroatoms. The summed E-state index contributed by atoms with van der Waals surface area (Å²) in [5.74, 6) is 0. The van der Waals surface area contributed by atoms with Crippen LogP contribution in [-0.4, -0.2) is 20.3 Å². The highest BCUT2D eigenvalue weighted by Gasteiger charge is 2.19. The van der Waals surface area contributed by atoms with E-state index < -0.39 is 10.0 Å². The van der Waals surface area contributed by atoms with Crippen LogP contribution in [0.15, 0.2) is 23.1 Å². The van der Waals surface area contributed by atoms with Crippen LogP contribution in [0.3, 0.4) is 0 Å². The Kier molecular flexibility index (Phi) is 2.76. The third kappa shape index (κ3) is 1.80. The van der Waals surface area contributed by atoms with Gasteiger partial charge in [-0.2, -0.15) is 0 Å². The number of nitrogens with one attached hydrogen (secondary N) is 1. The predicted octanol–water partition coefficient (Wildman–Crippen LogP) is 0.749. The zero-order valence-corrected chi connectivity index (χ0v) is 8.21. The van der Waals surface area contributed by atoms with Gasteiger partial charge in [0.25, 0.3) is 0 Å². The van der Waals surface area contributed by atoms with Gasteiger partial charge in [0.1, 0.15) is 0 Å². The van der Waals surface area contributed by atoms with E-state index in [-0.39, 0.29) is 4.91 Å². The molecule has 1 N–H and O–H groups in total. The van der Waals surface area contributed by atoms with Gasteiger partial charge in [-0.15, -0.1) is 0 Å². The number of hydrogen-bond donors (Lipinski definition) is 1. The minimum atomic E-state index is -3.35. The van der Waals surface area contributed by atoms with E-state index in [4.69, 9.17) is 12.2 Å². The first-order valence-electron chi connectivity index (χ1n) is 3.41. The number of thiocarbonyl (C=S) groups is 1. The maximum Gasteiger partial charge on any atom is 0.241 e. The van der Waals surface area contributed by atoms with Gasteiger partial charge in [0.05, 0.1) is 4.91 Å². The van der Waals surface area contributed by atoms with Crippen molar-refractivity contribution in [1.29, 1.82) is 0 Å². The Hall–Kier alpha value is -0.520. The van der Waals surface area contributed by atoms with Crippen molar-refractivity contribution in [3.63, 3.8) is 0 Å². The highest BCUT2D eigenvalue weighted by Crippen LogP contribution is 2.14. The second-order valence-electron chi connectivity index (χ2n) is 2.29. The first-order valence-corrected chi connectivity index (χ1v) is 5.30. The van der Waals surface area contributed by atoms with Crippen molar-refractivity contribution in [3.8, 4) is 0 Å². The number of sulfonamides is 1. The third-order valence-corrected chi connectivity index (χ3v) is 3.53. The summed E-state index contributed by atoms with van der Waals surface area (Å²) in [5.41, 5.74) is 0. The monoisotopic (exact) mass is 203 g/mol. The SMILES string of the molecule is CNS(=O)(=O)C1=CC=CCC1=S. The van der Waals surface area contributed by atoms with E-state index in [9.17, 15) is 8.42 Å². The molecular weight excluding hydrogens is 194 g/mol. The van der Waals surface area contributed by atoms with Crippen LogP contribution in [-0.2, 0) is 10.0 Å². The van der Waals surface area contributed by atoms with Crippen molar-refractivity contribution < 1.29 is 8.42 Å². The molecule has 0 bridgehead atoms. The number of rotatable bonds is 2. The molecule has 0 saturated heterocycles. The van der Waals surface area contributed by atoms with E-state index in [1.54, 1.807) is 6.08 Å². The van der Waals surface area contributed by atoms with Gasteiger partial charge in [-0.1, -0.05) is 24.4 Å². The average Bonchev–Trinajstić information content (AvgIpc) is 2.05. The zero-order valence-electron chi connectivity index (χ0n) is 6.57. The largest absolute Gasteiger partial charge is 0.241 e. The average molecular weight is 203 g/mol. The summed E-state index contributed by atoms with van der Waals surface area (Å²) in [7, 11) is -1.98. The molecule has 0 fully saturated rings. The van der Waals surface area contributed by atoms with Crippen molar-refractivity contribution in [2.45, 2.75) is 6.42 Å². The molecule has 0 aromatic rings. The summed E-state index contributed by atoms with van der Waals surface area (Å²) >= 11 is 4.90. The Morgan fingerprint density at radius 2 is 2.25 bits per heavy atom. The van der Waals surface area contributed by atoms with Crippen LogP contribution in [0, 0.1) is 0 Å². The predicted molar refractivity (Wildman–Crippen MR) is 52.4 cm³/mol. The molecule has 0 aliphatic heterocycles. The van der Waals surface area contributed by atoms with Crippen molar-refractivity contribution >= 4 is 27.1 Å². The summed E-state index contributed by atoms with van der Waals surface area (Å²) in [6, 6.07) is 0. The molecule has 0 atom stereocenters. The molecule has 0 spiro atoms. The van der Waals surface area contributed by atoms with Crippen LogP contribution in [0.4, 0.5) is 0 Å². The van der Waals surface area contributed by atoms with Gasteiger partial charge >= 0.3 is 0 Å². The quantitative estimate of drug-likeness (QED) is 0.674. The lowest BCUT2D eigenvalue weighted by molar-refractivity contribution is 0.596. The molecule has 0 aromatic heterocycles. The normalized spacial score (nSPS) is 17.8. The molecular formula is C7H9NO2S2. The van der Waals surface area contributed by atoms with Gasteiger partial charge in [-0.05, 0) is 13.1 Å². The van der Waals surface area contributed by atoms with Crippen LogP contribution in [0.5, 0.6) is 0 Å². The van der Waals surface area contributed by atoms with Crippen molar-refractivity contribution in [2.24, 2.45) is 0 Å². The summed E-state index contributed by atoms with van der Waals surface area (Å²) in [6.45, 7) is 0. The molecule has 66 valence electrons. The molecule has 3 nitrogen and oxygen atoms in total. The van der Waals surface area contributed by atoms with E-state index in [2.05, 4.69) is 4.72 Å². The molecule has 1 rings (SSSR count). The molecule has 0 saturated carbocycles. The van der Waals surface area contributed by atoms with Gasteiger partial charge < -0.3 is 0 Å². The summed E-state index contributed by atoms with van der Waals surface area (Å²) < 4.78 is 24.8. The van der Waals surface area contributed by atoms with Crippen molar-refractivity contribution in [2.75, 3.05) is 7.05 Å². The van der Waals surface area contributed by atoms with Crippen LogP contribution in [0.2, 0.25) is 0 Å². The van der Waals surface area contributed by atoms with Gasteiger partial charge in [0.2, 0.25) is 10.0 Å². The summed E-state index contributed by atoms with van der Waals surface area (Å²) in [6.07, 6.45) is 5.57. The summed E-state index contributed by atoms with van der Waals surface area (Å²) in [5, 5.41) is 0. The topological polar surface area (TPSA) is 46.2 Å². The smallest absolute Gasteiger partial charge is 0.214 e. The Morgan fingerprint density at radius 3 is 2.75 bits per heavy atom. The Labute approximate surface area is 77.2 Å². The molecule has 1 aliphatic rings. The standard InChI is InChI=1S/C7H9NO2S2/c1-8-12(9,10)7-5-3-2-4-6(7)11/h2-3,5,8H,4H2,1H3. The van der Waals surface area contributed by atoms with Crippen LogP contribution in [0.1, 0.15) is 6.42 Å². The second kappa shape index (κ2) is 3.47. The molecule has 0 unspecified atom stereocenters. The van der Waals surface area contributed by atoms with Crippen LogP contribution < -0.4 is 4.72 Å². The number of allylic oxidation sites excluding steroid dienone is 4. The van der Waals surface area contributed by atoms with E-state index in [0.29, 0.717) is 11.3 Å². The Bertz CT molecular complexity index is 352. The van der Waals surface area contributed by atoms with Gasteiger partial charge in [0.15, 0.2) is 0 Å². The fraction of sp³-hybridized carbons (Fsp3) is 0.286. The molecule has 0 amide bonds. The second-order valence-corrected chi connectivity index (χ2v) is 4.64. The molecule has 1 aliphatic carbocycles. The molecule has 0 heterocycles. The lowest BCUT2D eigenvalue weighted by Gasteiger charge is -2.09. The van der Waals surface area contributed by atoms with E-state index in [0.717, 1.165) is 0 Å². The molecule has 0 aromatic carbocycles. The Morgan fingerprint density at radius 1 is 1.58 bits per heavy atom. The van der Waals surface area contributed by atoms with Crippen LogP contribution >= 0.6 is 12.2 Å². The fourth-order valence-electron chi connectivity index (χ4n) is 0.873. The number of hydrogen-bond acceptors (Lipinski definition) is 3. The Balaban J connectivity index is 3.10. The summed E-state index contributed by atoms with van der Waals surface area (Å²) in [4.78, 5) is 0.675. The van der Waals surface area contributed by atoms with Crippen LogP contribution in [0.25, 0.3) is 0 Å². The first-order chi connectivity index (χ1) is 5.58. The van der Waals surface area contributed by atoms with E-state index >= 15 is 0 Å². The van der Waals surface area contributed by atoms with Gasteiger partial charge in [-0.25, -0.2) is 13.1 Å². The van der Waals surface area contributed by atoms with Crippen molar-refractivity contribution in [3.05, 3.63) is 23.1 Å².